The van der Waals surface area contributed by atoms with Crippen LogP contribution in [0.4, 0.5) is 0 Å². The third kappa shape index (κ3) is 1.78. The molecule has 1 aromatic rings. The van der Waals surface area contributed by atoms with Crippen LogP contribution in [0.1, 0.15) is 56.6 Å². The average molecular weight is 294 g/mol. The Kier molecular flexibility index (Phi) is 3.03. The standard InChI is InChI=1S/C19H23BO2/c1-2-18-7-8-19(20)11-14(22)10-17(19)16(18)5-3-12-9-13(21)4-6-15(12)18/h4,6,9,14,21-22H,2-3,5,7-8,10-11H2,1H3/t14-,18-,19+/m0/s1. The highest BCUT2D eigenvalue weighted by Gasteiger charge is 2.50. The van der Waals surface area contributed by atoms with Gasteiger partial charge in [-0.05, 0) is 67.1 Å². The molecule has 0 saturated heterocycles. The lowest BCUT2D eigenvalue weighted by atomic mass is 9.49. The molecule has 0 heterocycles. The van der Waals surface area contributed by atoms with Crippen molar-refractivity contribution in [1.29, 1.82) is 0 Å². The van der Waals surface area contributed by atoms with Crippen LogP contribution in [-0.4, -0.2) is 24.2 Å². The molecule has 3 atom stereocenters. The summed E-state index contributed by atoms with van der Waals surface area (Å²) in [7, 11) is 6.66. The van der Waals surface area contributed by atoms with Crippen LogP contribution in [0.25, 0.3) is 0 Å². The Morgan fingerprint density at radius 2 is 2.05 bits per heavy atom. The van der Waals surface area contributed by atoms with E-state index in [2.05, 4.69) is 13.0 Å². The van der Waals surface area contributed by atoms with Gasteiger partial charge in [-0.2, -0.15) is 0 Å². The van der Waals surface area contributed by atoms with E-state index in [1.165, 1.54) is 22.3 Å². The molecule has 0 aromatic heterocycles. The fourth-order valence-corrected chi connectivity index (χ4v) is 5.39. The number of hydrogen-bond acceptors (Lipinski definition) is 2. The molecule has 3 aliphatic carbocycles. The largest absolute Gasteiger partial charge is 0.508 e. The van der Waals surface area contributed by atoms with Crippen molar-refractivity contribution >= 4 is 7.85 Å². The zero-order valence-electron chi connectivity index (χ0n) is 13.2. The van der Waals surface area contributed by atoms with Crippen molar-refractivity contribution in [3.63, 3.8) is 0 Å². The monoisotopic (exact) mass is 294 g/mol. The third-order valence-corrected chi connectivity index (χ3v) is 6.43. The highest BCUT2D eigenvalue weighted by Crippen LogP contribution is 2.63. The van der Waals surface area contributed by atoms with Crippen LogP contribution in [0, 0.1) is 0 Å². The Morgan fingerprint density at radius 1 is 1.23 bits per heavy atom. The van der Waals surface area contributed by atoms with Crippen LogP contribution in [0.5, 0.6) is 5.75 Å². The molecule has 3 aliphatic rings. The van der Waals surface area contributed by atoms with Gasteiger partial charge in [0, 0.05) is 5.41 Å². The predicted octanol–water partition coefficient (Wildman–Crippen LogP) is 3.56. The molecule has 1 aromatic carbocycles. The molecule has 0 unspecified atom stereocenters. The molecule has 2 nitrogen and oxygen atoms in total. The summed E-state index contributed by atoms with van der Waals surface area (Å²) < 4.78 is 0. The summed E-state index contributed by atoms with van der Waals surface area (Å²) in [5.41, 5.74) is 5.58. The SMILES string of the molecule is [B][C@@]12CC[C@]3(CC)C(=C1C[C@H](O)C2)CCc1cc(O)ccc13. The second kappa shape index (κ2) is 4.64. The topological polar surface area (TPSA) is 40.5 Å². The summed E-state index contributed by atoms with van der Waals surface area (Å²) in [5, 5.41) is 19.7. The van der Waals surface area contributed by atoms with Gasteiger partial charge >= 0.3 is 0 Å². The maximum absolute atomic E-state index is 10.2. The van der Waals surface area contributed by atoms with E-state index in [0.29, 0.717) is 12.2 Å². The zero-order valence-corrected chi connectivity index (χ0v) is 13.2. The number of benzene rings is 1. The quantitative estimate of drug-likeness (QED) is 0.614. The van der Waals surface area contributed by atoms with Crippen LogP contribution in [-0.2, 0) is 11.8 Å². The highest BCUT2D eigenvalue weighted by atomic mass is 16.3. The lowest BCUT2D eigenvalue weighted by Crippen LogP contribution is -2.39. The molecule has 2 N–H and O–H groups in total. The zero-order chi connectivity index (χ0) is 15.5. The molecule has 0 bridgehead atoms. The van der Waals surface area contributed by atoms with Gasteiger partial charge in [-0.3, -0.25) is 0 Å². The van der Waals surface area contributed by atoms with Crippen LogP contribution in [0.15, 0.2) is 29.3 Å². The van der Waals surface area contributed by atoms with Crippen molar-refractivity contribution in [2.75, 3.05) is 0 Å². The number of aliphatic hydroxyl groups is 1. The third-order valence-electron chi connectivity index (χ3n) is 6.43. The van der Waals surface area contributed by atoms with Gasteiger partial charge in [-0.25, -0.2) is 0 Å². The first-order valence-electron chi connectivity index (χ1n) is 8.51. The average Bonchev–Trinajstić information content (AvgIpc) is 2.80. The van der Waals surface area contributed by atoms with Crippen LogP contribution < -0.4 is 0 Å². The normalized spacial score (nSPS) is 36.7. The fourth-order valence-electron chi connectivity index (χ4n) is 5.39. The van der Waals surface area contributed by atoms with Crippen LogP contribution in [0.3, 0.4) is 0 Å². The summed E-state index contributed by atoms with van der Waals surface area (Å²) in [5.74, 6) is 0.362. The number of aliphatic hydroxyl groups excluding tert-OH is 1. The second-order valence-corrected chi connectivity index (χ2v) is 7.45. The summed E-state index contributed by atoms with van der Waals surface area (Å²) in [4.78, 5) is 0. The Balaban J connectivity index is 1.93. The molecule has 0 amide bonds. The number of aromatic hydroxyl groups is 1. The number of phenolic OH excluding ortho intramolecular Hbond substituents is 1. The number of rotatable bonds is 1. The molecule has 4 rings (SSSR count). The second-order valence-electron chi connectivity index (χ2n) is 7.45. The van der Waals surface area contributed by atoms with Crippen molar-refractivity contribution in [3.8, 4) is 5.75 Å². The van der Waals surface area contributed by atoms with Crippen molar-refractivity contribution in [3.05, 3.63) is 40.5 Å². The summed E-state index contributed by atoms with van der Waals surface area (Å²) in [6, 6.07) is 5.86. The lowest BCUT2D eigenvalue weighted by Gasteiger charge is -2.50. The van der Waals surface area contributed by atoms with E-state index in [1.54, 1.807) is 0 Å². The van der Waals surface area contributed by atoms with E-state index in [9.17, 15) is 10.2 Å². The Labute approximate surface area is 133 Å². The maximum Gasteiger partial charge on any atom is 0.115 e. The van der Waals surface area contributed by atoms with E-state index in [0.717, 1.165) is 38.5 Å². The van der Waals surface area contributed by atoms with Gasteiger partial charge in [-0.1, -0.05) is 30.6 Å². The smallest absolute Gasteiger partial charge is 0.115 e. The van der Waals surface area contributed by atoms with E-state index in [-0.39, 0.29) is 16.8 Å². The van der Waals surface area contributed by atoms with Gasteiger partial charge in [0.15, 0.2) is 0 Å². The molecular formula is C19H23BO2. The van der Waals surface area contributed by atoms with Crippen molar-refractivity contribution in [1.82, 2.24) is 0 Å². The molecule has 114 valence electrons. The summed E-state index contributed by atoms with van der Waals surface area (Å²) >= 11 is 0. The minimum absolute atomic E-state index is 0.0730. The van der Waals surface area contributed by atoms with Gasteiger partial charge in [0.05, 0.1) is 14.0 Å². The number of allylic oxidation sites excluding steroid dienone is 1. The van der Waals surface area contributed by atoms with E-state index in [4.69, 9.17) is 7.85 Å². The molecule has 1 fully saturated rings. The predicted molar refractivity (Wildman–Crippen MR) is 88.3 cm³/mol. The summed E-state index contributed by atoms with van der Waals surface area (Å²) in [6.07, 6.45) is 6.26. The first kappa shape index (κ1) is 14.4. The first-order valence-corrected chi connectivity index (χ1v) is 8.51. The van der Waals surface area contributed by atoms with Gasteiger partial charge in [0.1, 0.15) is 5.75 Å². The van der Waals surface area contributed by atoms with E-state index < -0.39 is 0 Å². The maximum atomic E-state index is 10.2. The van der Waals surface area contributed by atoms with Gasteiger partial charge in [0.25, 0.3) is 0 Å². The van der Waals surface area contributed by atoms with Gasteiger partial charge in [0.2, 0.25) is 0 Å². The molecular weight excluding hydrogens is 271 g/mol. The van der Waals surface area contributed by atoms with Crippen molar-refractivity contribution in [2.45, 2.75) is 68.7 Å². The van der Waals surface area contributed by atoms with Crippen molar-refractivity contribution < 1.29 is 10.2 Å². The summed E-state index contributed by atoms with van der Waals surface area (Å²) in [6.45, 7) is 2.26. The van der Waals surface area contributed by atoms with Crippen molar-refractivity contribution in [2.24, 2.45) is 0 Å². The minimum Gasteiger partial charge on any atom is -0.508 e. The fraction of sp³-hybridized carbons (Fsp3) is 0.579. The molecule has 2 radical (unpaired) electrons. The number of aryl methyl sites for hydroxylation is 1. The molecule has 1 saturated carbocycles. The molecule has 0 aliphatic heterocycles. The van der Waals surface area contributed by atoms with Gasteiger partial charge < -0.3 is 10.2 Å². The van der Waals surface area contributed by atoms with E-state index in [1.807, 2.05) is 12.1 Å². The highest BCUT2D eigenvalue weighted by molar-refractivity contribution is 6.18. The van der Waals surface area contributed by atoms with Crippen LogP contribution in [0.2, 0.25) is 5.31 Å². The number of hydrogen-bond donors (Lipinski definition) is 2. The Hall–Kier alpha value is -1.22. The van der Waals surface area contributed by atoms with Crippen LogP contribution >= 0.6 is 0 Å². The number of fused-ring (bicyclic) bond motifs is 4. The minimum atomic E-state index is -0.277. The number of phenols is 1. The van der Waals surface area contributed by atoms with E-state index >= 15 is 0 Å². The molecule has 0 spiro atoms. The lowest BCUT2D eigenvalue weighted by molar-refractivity contribution is 0.179. The Bertz CT molecular complexity index is 665. The first-order chi connectivity index (χ1) is 10.5. The molecule has 3 heteroatoms. The Morgan fingerprint density at radius 3 is 2.82 bits per heavy atom. The molecule has 22 heavy (non-hydrogen) atoms. The van der Waals surface area contributed by atoms with Gasteiger partial charge in [-0.15, -0.1) is 0 Å².